The van der Waals surface area contributed by atoms with Crippen molar-refractivity contribution in [3.63, 3.8) is 0 Å². The van der Waals surface area contributed by atoms with Crippen LogP contribution in [0.15, 0.2) is 18.2 Å². The predicted octanol–water partition coefficient (Wildman–Crippen LogP) is 1.48. The molecule has 0 unspecified atom stereocenters. The summed E-state index contributed by atoms with van der Waals surface area (Å²) < 4.78 is 5.46. The van der Waals surface area contributed by atoms with Gasteiger partial charge in [0.1, 0.15) is 5.69 Å². The molecule has 0 aromatic heterocycles. The minimum absolute atomic E-state index is 0.0615. The Bertz CT molecular complexity index is 562. The van der Waals surface area contributed by atoms with E-state index >= 15 is 0 Å². The molecule has 1 saturated heterocycles. The Morgan fingerprint density at radius 2 is 2.08 bits per heavy atom. The monoisotopic (exact) mass is 352 g/mol. The number of piperazine rings is 1. The van der Waals surface area contributed by atoms with Crippen molar-refractivity contribution < 1.29 is 14.8 Å². The predicted molar refractivity (Wildman–Crippen MR) is 97.9 cm³/mol. The molecule has 0 bridgehead atoms. The van der Waals surface area contributed by atoms with E-state index in [1.54, 1.807) is 12.1 Å². The summed E-state index contributed by atoms with van der Waals surface area (Å²) in [5.74, 6) is 0. The Kier molecular flexibility index (Phi) is 7.42. The van der Waals surface area contributed by atoms with Gasteiger partial charge in [-0.1, -0.05) is 13.3 Å². The maximum atomic E-state index is 10.8. The summed E-state index contributed by atoms with van der Waals surface area (Å²) in [5.41, 5.74) is 6.78. The second-order valence-electron chi connectivity index (χ2n) is 6.37. The molecule has 0 spiro atoms. The van der Waals surface area contributed by atoms with Gasteiger partial charge in [0, 0.05) is 51.1 Å². The van der Waals surface area contributed by atoms with Crippen LogP contribution >= 0.6 is 0 Å². The molecule has 1 aromatic carbocycles. The molecule has 1 aliphatic heterocycles. The fraction of sp³-hybridized carbons (Fsp3) is 0.647. The number of nitro groups is 1. The number of ether oxygens (including phenoxy) is 1. The van der Waals surface area contributed by atoms with Gasteiger partial charge in [-0.3, -0.25) is 15.0 Å². The summed E-state index contributed by atoms with van der Waals surface area (Å²) in [5, 5.41) is 20.9. The van der Waals surface area contributed by atoms with Crippen LogP contribution < -0.4 is 10.6 Å². The maximum absolute atomic E-state index is 10.8. The first-order chi connectivity index (χ1) is 12.0. The number of β-amino-alcohol motifs (C(OH)–C–C–N with tert-alkyl or cyclic N) is 1. The first kappa shape index (κ1) is 19.4. The van der Waals surface area contributed by atoms with Gasteiger partial charge in [-0.25, -0.2) is 0 Å². The van der Waals surface area contributed by atoms with Gasteiger partial charge in [0.25, 0.3) is 5.69 Å². The largest absolute Gasteiger partial charge is 0.393 e. The molecule has 3 N–H and O–H groups in total. The van der Waals surface area contributed by atoms with Crippen molar-refractivity contribution in [2.45, 2.75) is 25.9 Å². The van der Waals surface area contributed by atoms with Crippen LogP contribution in [0, 0.1) is 10.1 Å². The standard InChI is InChI=1S/C17H28N4O4/c1-2-3-10-25-13-15(22)12-19-6-8-20(9-7-19)14-4-5-17(21(23)24)16(18)11-14/h4-5,11,15,22H,2-3,6-10,12-13,18H2,1H3/t15-/m0/s1. The Morgan fingerprint density at radius 1 is 1.36 bits per heavy atom. The van der Waals surface area contributed by atoms with Crippen LogP contribution in [0.1, 0.15) is 19.8 Å². The lowest BCUT2D eigenvalue weighted by molar-refractivity contribution is -0.383. The average molecular weight is 352 g/mol. The van der Waals surface area contributed by atoms with Crippen molar-refractivity contribution in [2.75, 3.05) is 56.6 Å². The molecule has 2 rings (SSSR count). The van der Waals surface area contributed by atoms with Crippen LogP contribution in [-0.2, 0) is 4.74 Å². The molecule has 0 aliphatic carbocycles. The third-order valence-electron chi connectivity index (χ3n) is 4.37. The molecular formula is C17H28N4O4. The van der Waals surface area contributed by atoms with Crippen LogP contribution in [0.25, 0.3) is 0 Å². The van der Waals surface area contributed by atoms with Crippen LogP contribution in [0.5, 0.6) is 0 Å². The number of unbranched alkanes of at least 4 members (excludes halogenated alkanes) is 1. The van der Waals surface area contributed by atoms with Gasteiger partial charge < -0.3 is 20.5 Å². The maximum Gasteiger partial charge on any atom is 0.292 e. The van der Waals surface area contributed by atoms with Crippen molar-refractivity contribution in [3.05, 3.63) is 28.3 Å². The van der Waals surface area contributed by atoms with E-state index in [2.05, 4.69) is 16.7 Å². The van der Waals surface area contributed by atoms with Crippen molar-refractivity contribution in [2.24, 2.45) is 0 Å². The minimum atomic E-state index is -0.474. The van der Waals surface area contributed by atoms with E-state index in [0.29, 0.717) is 19.8 Å². The number of hydrogen-bond acceptors (Lipinski definition) is 7. The SMILES string of the molecule is CCCCOC[C@@H](O)CN1CCN(c2ccc([N+](=O)[O-])c(N)c2)CC1. The highest BCUT2D eigenvalue weighted by Crippen LogP contribution is 2.27. The van der Waals surface area contributed by atoms with E-state index < -0.39 is 11.0 Å². The number of anilines is 2. The smallest absolute Gasteiger partial charge is 0.292 e. The molecule has 8 nitrogen and oxygen atoms in total. The summed E-state index contributed by atoms with van der Waals surface area (Å²) in [6.45, 7) is 7.01. The fourth-order valence-electron chi connectivity index (χ4n) is 2.91. The van der Waals surface area contributed by atoms with E-state index in [9.17, 15) is 15.2 Å². The second kappa shape index (κ2) is 9.55. The van der Waals surface area contributed by atoms with Crippen molar-refractivity contribution in [3.8, 4) is 0 Å². The zero-order chi connectivity index (χ0) is 18.2. The molecule has 1 aliphatic rings. The first-order valence-electron chi connectivity index (χ1n) is 8.78. The van der Waals surface area contributed by atoms with Gasteiger partial charge in [0.2, 0.25) is 0 Å². The number of aliphatic hydroxyl groups excluding tert-OH is 1. The van der Waals surface area contributed by atoms with Crippen LogP contribution in [0.4, 0.5) is 17.1 Å². The third kappa shape index (κ3) is 5.84. The molecular weight excluding hydrogens is 324 g/mol. The number of nitrogens with two attached hydrogens (primary N) is 1. The van der Waals surface area contributed by atoms with E-state index in [1.165, 1.54) is 6.07 Å². The van der Waals surface area contributed by atoms with Gasteiger partial charge in [-0.15, -0.1) is 0 Å². The number of hydrogen-bond donors (Lipinski definition) is 2. The van der Waals surface area contributed by atoms with Gasteiger partial charge in [0.15, 0.2) is 0 Å². The fourth-order valence-corrected chi connectivity index (χ4v) is 2.91. The summed E-state index contributed by atoms with van der Waals surface area (Å²) in [7, 11) is 0. The van der Waals surface area contributed by atoms with Crippen LogP contribution in [0.3, 0.4) is 0 Å². The number of benzene rings is 1. The lowest BCUT2D eigenvalue weighted by atomic mass is 10.2. The van der Waals surface area contributed by atoms with Gasteiger partial charge in [-0.2, -0.15) is 0 Å². The van der Waals surface area contributed by atoms with E-state index in [1.807, 2.05) is 0 Å². The van der Waals surface area contributed by atoms with Crippen LogP contribution in [-0.4, -0.2) is 67.0 Å². The quantitative estimate of drug-likeness (QED) is 0.300. The summed E-state index contributed by atoms with van der Waals surface area (Å²) >= 11 is 0. The highest BCUT2D eigenvalue weighted by Gasteiger charge is 2.21. The van der Waals surface area contributed by atoms with E-state index in [4.69, 9.17) is 10.5 Å². The highest BCUT2D eigenvalue weighted by molar-refractivity contribution is 5.66. The molecule has 0 amide bonds. The molecule has 0 radical (unpaired) electrons. The van der Waals surface area contributed by atoms with Crippen LogP contribution in [0.2, 0.25) is 0 Å². The molecule has 1 aromatic rings. The lowest BCUT2D eigenvalue weighted by Crippen LogP contribution is -2.49. The Hall–Kier alpha value is -1.90. The zero-order valence-electron chi connectivity index (χ0n) is 14.8. The van der Waals surface area contributed by atoms with E-state index in [-0.39, 0.29) is 11.4 Å². The molecule has 25 heavy (non-hydrogen) atoms. The van der Waals surface area contributed by atoms with Crippen molar-refractivity contribution >= 4 is 17.1 Å². The highest BCUT2D eigenvalue weighted by atomic mass is 16.6. The molecule has 1 heterocycles. The number of aliphatic hydroxyl groups is 1. The normalized spacial score (nSPS) is 16.8. The third-order valence-corrected chi connectivity index (χ3v) is 4.37. The Morgan fingerprint density at radius 3 is 2.68 bits per heavy atom. The Labute approximate surface area is 148 Å². The van der Waals surface area contributed by atoms with Gasteiger partial charge in [-0.05, 0) is 18.6 Å². The average Bonchev–Trinajstić information content (AvgIpc) is 2.59. The Balaban J connectivity index is 1.77. The van der Waals surface area contributed by atoms with E-state index in [0.717, 1.165) is 44.7 Å². The van der Waals surface area contributed by atoms with Gasteiger partial charge >= 0.3 is 0 Å². The van der Waals surface area contributed by atoms with Gasteiger partial charge in [0.05, 0.1) is 17.6 Å². The number of rotatable bonds is 9. The lowest BCUT2D eigenvalue weighted by Gasteiger charge is -2.36. The molecule has 1 fully saturated rings. The number of nitro benzene ring substituents is 1. The van der Waals surface area contributed by atoms with Crippen molar-refractivity contribution in [1.82, 2.24) is 4.90 Å². The summed E-state index contributed by atoms with van der Waals surface area (Å²) in [4.78, 5) is 14.7. The zero-order valence-corrected chi connectivity index (χ0v) is 14.8. The second-order valence-corrected chi connectivity index (χ2v) is 6.37. The number of nitrogens with zero attached hydrogens (tertiary/aromatic N) is 3. The minimum Gasteiger partial charge on any atom is -0.393 e. The van der Waals surface area contributed by atoms with Crippen molar-refractivity contribution in [1.29, 1.82) is 0 Å². The summed E-state index contributed by atoms with van der Waals surface area (Å²) in [6, 6.07) is 4.85. The topological polar surface area (TPSA) is 105 Å². The molecule has 0 saturated carbocycles. The molecule has 8 heteroatoms. The first-order valence-corrected chi connectivity index (χ1v) is 8.78. The molecule has 140 valence electrons. The number of nitrogen functional groups attached to an aromatic ring is 1. The molecule has 1 atom stereocenters. The summed E-state index contributed by atoms with van der Waals surface area (Å²) in [6.07, 6.45) is 1.63.